The Morgan fingerprint density at radius 2 is 2.21 bits per heavy atom. The number of halogens is 1. The summed E-state index contributed by atoms with van der Waals surface area (Å²) in [6, 6.07) is 5.25. The molecule has 0 saturated heterocycles. The van der Waals surface area contributed by atoms with Gasteiger partial charge in [0.1, 0.15) is 5.75 Å². The highest BCUT2D eigenvalue weighted by Gasteiger charge is 2.04. The van der Waals surface area contributed by atoms with E-state index in [0.717, 1.165) is 10.5 Å². The Labute approximate surface area is 119 Å². The van der Waals surface area contributed by atoms with Crippen molar-refractivity contribution in [2.75, 3.05) is 13.7 Å². The number of carbonyl (C=O) groups is 2. The Morgan fingerprint density at radius 3 is 2.84 bits per heavy atom. The van der Waals surface area contributed by atoms with Gasteiger partial charge in [-0.15, -0.1) is 0 Å². The molecule has 5 nitrogen and oxygen atoms in total. The molecule has 1 rings (SSSR count). The van der Waals surface area contributed by atoms with Gasteiger partial charge in [-0.2, -0.15) is 0 Å². The molecule has 102 valence electrons. The van der Waals surface area contributed by atoms with Gasteiger partial charge in [0.05, 0.1) is 13.0 Å². The number of benzene rings is 1. The second kappa shape index (κ2) is 7.58. The Hall–Kier alpha value is -1.82. The van der Waals surface area contributed by atoms with Crippen molar-refractivity contribution in [3.63, 3.8) is 0 Å². The van der Waals surface area contributed by atoms with E-state index in [4.69, 9.17) is 9.84 Å². The van der Waals surface area contributed by atoms with Crippen LogP contribution in [0.5, 0.6) is 5.75 Å². The van der Waals surface area contributed by atoms with E-state index in [-0.39, 0.29) is 18.9 Å². The lowest BCUT2D eigenvalue weighted by Gasteiger charge is -2.09. The Morgan fingerprint density at radius 1 is 1.47 bits per heavy atom. The van der Waals surface area contributed by atoms with Gasteiger partial charge in [-0.3, -0.25) is 4.79 Å². The second-order valence-electron chi connectivity index (χ2n) is 3.63. The number of hydrogen-bond donors (Lipinski definition) is 2. The minimum Gasteiger partial charge on any atom is -0.492 e. The molecule has 0 fully saturated rings. The van der Waals surface area contributed by atoms with Crippen LogP contribution >= 0.6 is 15.9 Å². The highest BCUT2D eigenvalue weighted by atomic mass is 79.9. The Bertz CT molecular complexity index is 499. The van der Waals surface area contributed by atoms with E-state index in [1.165, 1.54) is 6.08 Å². The molecular formula is C13H14BrNO4. The molecule has 0 saturated carbocycles. The number of carbonyl (C=O) groups excluding carboxylic acids is 1. The summed E-state index contributed by atoms with van der Waals surface area (Å²) in [6.45, 7) is 0.231. The first-order valence-electron chi connectivity index (χ1n) is 5.57. The van der Waals surface area contributed by atoms with Gasteiger partial charge in [0.25, 0.3) is 0 Å². The van der Waals surface area contributed by atoms with Crippen LogP contribution < -0.4 is 10.1 Å². The molecule has 0 aromatic heterocycles. The van der Waals surface area contributed by atoms with Crippen molar-refractivity contribution in [2.24, 2.45) is 0 Å². The third-order valence-corrected chi connectivity index (χ3v) is 2.74. The molecule has 1 amide bonds. The van der Waals surface area contributed by atoms with E-state index >= 15 is 0 Å². The van der Waals surface area contributed by atoms with Crippen LogP contribution in [0.1, 0.15) is 12.0 Å². The standard InChI is InChI=1S/C13H14BrNO4/c1-15-12(16)6-7-19-11-4-3-10(14)8-9(11)2-5-13(17)18/h2-5,8H,6-7H2,1H3,(H,15,16)(H,17,18). The van der Waals surface area contributed by atoms with Gasteiger partial charge in [-0.1, -0.05) is 15.9 Å². The highest BCUT2D eigenvalue weighted by Crippen LogP contribution is 2.24. The zero-order chi connectivity index (χ0) is 14.3. The molecule has 0 aliphatic heterocycles. The summed E-state index contributed by atoms with van der Waals surface area (Å²) < 4.78 is 6.29. The van der Waals surface area contributed by atoms with Gasteiger partial charge in [0.2, 0.25) is 5.91 Å². The van der Waals surface area contributed by atoms with Crippen molar-refractivity contribution < 1.29 is 19.4 Å². The quantitative estimate of drug-likeness (QED) is 0.784. The van der Waals surface area contributed by atoms with E-state index in [2.05, 4.69) is 21.2 Å². The molecule has 2 N–H and O–H groups in total. The molecule has 0 bridgehead atoms. The summed E-state index contributed by atoms with van der Waals surface area (Å²) in [6.07, 6.45) is 2.73. The van der Waals surface area contributed by atoms with Crippen molar-refractivity contribution in [3.05, 3.63) is 34.3 Å². The molecule has 0 aliphatic carbocycles. The number of nitrogens with one attached hydrogen (secondary N) is 1. The number of carboxylic acid groups (broad SMARTS) is 1. The van der Waals surface area contributed by atoms with Gasteiger partial charge in [0, 0.05) is 23.2 Å². The molecule has 0 unspecified atom stereocenters. The van der Waals surface area contributed by atoms with Crippen LogP contribution in [-0.4, -0.2) is 30.6 Å². The summed E-state index contributed by atoms with van der Waals surface area (Å²) >= 11 is 3.30. The number of carboxylic acids is 1. The molecule has 1 aromatic carbocycles. The monoisotopic (exact) mass is 327 g/mol. The number of ether oxygens (including phenoxy) is 1. The first kappa shape index (κ1) is 15.2. The smallest absolute Gasteiger partial charge is 0.328 e. The first-order chi connectivity index (χ1) is 9.02. The zero-order valence-corrected chi connectivity index (χ0v) is 11.9. The fourth-order valence-corrected chi connectivity index (χ4v) is 1.70. The molecule has 0 aliphatic rings. The topological polar surface area (TPSA) is 75.6 Å². The van der Waals surface area contributed by atoms with Crippen molar-refractivity contribution in [2.45, 2.75) is 6.42 Å². The number of aliphatic carboxylic acids is 1. The lowest BCUT2D eigenvalue weighted by atomic mass is 10.2. The summed E-state index contributed by atoms with van der Waals surface area (Å²) in [5.74, 6) is -0.611. The van der Waals surface area contributed by atoms with E-state index in [9.17, 15) is 9.59 Å². The predicted octanol–water partition coefficient (Wildman–Crippen LogP) is 2.06. The molecular weight excluding hydrogens is 314 g/mol. The van der Waals surface area contributed by atoms with Crippen LogP contribution in [0.25, 0.3) is 6.08 Å². The minimum absolute atomic E-state index is 0.111. The van der Waals surface area contributed by atoms with Gasteiger partial charge in [0.15, 0.2) is 0 Å². The third kappa shape index (κ3) is 5.56. The number of amides is 1. The van der Waals surface area contributed by atoms with Crippen LogP contribution in [0, 0.1) is 0 Å². The van der Waals surface area contributed by atoms with Gasteiger partial charge in [-0.25, -0.2) is 4.79 Å². The molecule has 1 aromatic rings. The SMILES string of the molecule is CNC(=O)CCOc1ccc(Br)cc1C=CC(=O)O. The van der Waals surface area contributed by atoms with Crippen molar-refractivity contribution >= 4 is 33.9 Å². The van der Waals surface area contributed by atoms with Crippen molar-refractivity contribution in [3.8, 4) is 5.75 Å². The van der Waals surface area contributed by atoms with Gasteiger partial charge >= 0.3 is 5.97 Å². The Kier molecular flexibility index (Phi) is 6.08. The summed E-state index contributed by atoms with van der Waals surface area (Å²) in [4.78, 5) is 21.6. The molecule has 0 radical (unpaired) electrons. The normalized spacial score (nSPS) is 10.4. The van der Waals surface area contributed by atoms with Crippen LogP contribution in [0.4, 0.5) is 0 Å². The average Bonchev–Trinajstić information content (AvgIpc) is 2.38. The summed E-state index contributed by atoms with van der Waals surface area (Å²) in [5, 5.41) is 11.1. The molecule has 0 heterocycles. The average molecular weight is 328 g/mol. The molecule has 0 spiro atoms. The number of rotatable bonds is 6. The van der Waals surface area contributed by atoms with Crippen LogP contribution in [0.15, 0.2) is 28.7 Å². The fourth-order valence-electron chi connectivity index (χ4n) is 1.32. The second-order valence-corrected chi connectivity index (χ2v) is 4.54. The maximum atomic E-state index is 11.1. The van der Waals surface area contributed by atoms with Crippen molar-refractivity contribution in [1.82, 2.24) is 5.32 Å². The van der Waals surface area contributed by atoms with Crippen molar-refractivity contribution in [1.29, 1.82) is 0 Å². The van der Waals surface area contributed by atoms with E-state index in [0.29, 0.717) is 11.3 Å². The van der Waals surface area contributed by atoms with Crippen LogP contribution in [0.3, 0.4) is 0 Å². The number of hydrogen-bond acceptors (Lipinski definition) is 3. The molecule has 19 heavy (non-hydrogen) atoms. The van der Waals surface area contributed by atoms with E-state index in [1.807, 2.05) is 0 Å². The van der Waals surface area contributed by atoms with Crippen LogP contribution in [-0.2, 0) is 9.59 Å². The van der Waals surface area contributed by atoms with E-state index < -0.39 is 5.97 Å². The minimum atomic E-state index is -1.03. The maximum Gasteiger partial charge on any atom is 0.328 e. The van der Waals surface area contributed by atoms with Gasteiger partial charge < -0.3 is 15.2 Å². The summed E-state index contributed by atoms with van der Waals surface area (Å²) in [7, 11) is 1.56. The third-order valence-electron chi connectivity index (χ3n) is 2.24. The summed E-state index contributed by atoms with van der Waals surface area (Å²) in [5.41, 5.74) is 0.633. The Balaban J connectivity index is 2.76. The lowest BCUT2D eigenvalue weighted by Crippen LogP contribution is -2.20. The van der Waals surface area contributed by atoms with Gasteiger partial charge in [-0.05, 0) is 24.3 Å². The first-order valence-corrected chi connectivity index (χ1v) is 6.36. The van der Waals surface area contributed by atoms with E-state index in [1.54, 1.807) is 25.2 Å². The lowest BCUT2D eigenvalue weighted by molar-refractivity contribution is -0.131. The zero-order valence-electron chi connectivity index (χ0n) is 10.4. The molecule has 6 heteroatoms. The van der Waals surface area contributed by atoms with Crippen LogP contribution in [0.2, 0.25) is 0 Å². The maximum absolute atomic E-state index is 11.1. The highest BCUT2D eigenvalue weighted by molar-refractivity contribution is 9.10. The fraction of sp³-hybridized carbons (Fsp3) is 0.231. The predicted molar refractivity (Wildman–Crippen MR) is 75.0 cm³/mol. The molecule has 0 atom stereocenters. The largest absolute Gasteiger partial charge is 0.492 e.